The highest BCUT2D eigenvalue weighted by Gasteiger charge is 2.45. The number of ketones is 1. The zero-order valence-electron chi connectivity index (χ0n) is 34.3. The van der Waals surface area contributed by atoms with Crippen molar-refractivity contribution in [1.29, 1.82) is 0 Å². The molecule has 1 aliphatic rings. The molecule has 1 fully saturated rings. The fourth-order valence-electron chi connectivity index (χ4n) is 7.99. The van der Waals surface area contributed by atoms with E-state index in [0.717, 1.165) is 18.4 Å². The van der Waals surface area contributed by atoms with E-state index in [2.05, 4.69) is 16.0 Å². The molecule has 0 aliphatic heterocycles. The van der Waals surface area contributed by atoms with Gasteiger partial charge in [0.05, 0.1) is 37.3 Å². The van der Waals surface area contributed by atoms with Gasteiger partial charge in [-0.05, 0) is 49.1 Å². The number of esters is 1. The summed E-state index contributed by atoms with van der Waals surface area (Å²) in [5.74, 6) is -2.77. The normalized spacial score (nSPS) is 20.4. The molecule has 0 heterocycles. The van der Waals surface area contributed by atoms with E-state index >= 15 is 0 Å². The summed E-state index contributed by atoms with van der Waals surface area (Å²) >= 11 is 0. The number of carbonyl (C=O) groups excluding carboxylic acids is 5. The minimum atomic E-state index is -0.876. The SMILES string of the molecule is CC[C@H](C)[C@@H]([C@@H](CC(=O)C1CCC[C@H]1[C@H](OC)[C@@H](C)C(=O)N[C@@H](Cc1ccccc1)C(=O)OC)OC)N(C)C(=O)[C@@H](NC(=O)[C@@H](NC)C(C)C)C(C)C. The Morgan fingerprint density at radius 1 is 0.849 bits per heavy atom. The number of nitrogens with one attached hydrogen (secondary N) is 3. The molecule has 1 unspecified atom stereocenters. The van der Waals surface area contributed by atoms with Crippen LogP contribution in [-0.4, -0.2) is 106 Å². The van der Waals surface area contributed by atoms with Crippen molar-refractivity contribution >= 4 is 29.5 Å². The molecule has 3 N–H and O–H groups in total. The summed E-state index contributed by atoms with van der Waals surface area (Å²) in [6.07, 6.45) is 2.10. The van der Waals surface area contributed by atoms with Crippen molar-refractivity contribution in [3.8, 4) is 0 Å². The maximum Gasteiger partial charge on any atom is 0.328 e. The van der Waals surface area contributed by atoms with Crippen molar-refractivity contribution in [1.82, 2.24) is 20.9 Å². The van der Waals surface area contributed by atoms with E-state index in [-0.39, 0.29) is 65.9 Å². The van der Waals surface area contributed by atoms with E-state index in [4.69, 9.17) is 14.2 Å². The lowest BCUT2D eigenvalue weighted by atomic mass is 9.79. The van der Waals surface area contributed by atoms with Crippen LogP contribution < -0.4 is 16.0 Å². The fraction of sp³-hybridized carbons (Fsp3) is 0.732. The second-order valence-electron chi connectivity index (χ2n) is 15.5. The summed E-state index contributed by atoms with van der Waals surface area (Å²) in [5.41, 5.74) is 0.884. The minimum absolute atomic E-state index is 0.00202. The van der Waals surface area contributed by atoms with Gasteiger partial charge in [-0.25, -0.2) is 4.79 Å². The predicted octanol–water partition coefficient (Wildman–Crippen LogP) is 4.19. The maximum atomic E-state index is 14.2. The number of amides is 3. The van der Waals surface area contributed by atoms with Gasteiger partial charge in [-0.3, -0.25) is 19.2 Å². The Labute approximate surface area is 318 Å². The number of carbonyl (C=O) groups is 5. The molecule has 10 atom stereocenters. The minimum Gasteiger partial charge on any atom is -0.467 e. The molecule has 1 saturated carbocycles. The number of methoxy groups -OCH3 is 3. The van der Waals surface area contributed by atoms with Gasteiger partial charge in [0.25, 0.3) is 0 Å². The van der Waals surface area contributed by atoms with E-state index in [1.54, 1.807) is 40.1 Å². The third-order valence-corrected chi connectivity index (χ3v) is 11.3. The molecule has 12 heteroatoms. The maximum absolute atomic E-state index is 14.2. The highest BCUT2D eigenvalue weighted by Crippen LogP contribution is 2.40. The van der Waals surface area contributed by atoms with Crippen molar-refractivity contribution in [3.63, 3.8) is 0 Å². The second kappa shape index (κ2) is 22.1. The van der Waals surface area contributed by atoms with E-state index in [1.807, 2.05) is 71.9 Å². The van der Waals surface area contributed by atoms with Crippen molar-refractivity contribution in [3.05, 3.63) is 35.9 Å². The van der Waals surface area contributed by atoms with Crippen molar-refractivity contribution in [2.75, 3.05) is 35.4 Å². The molecule has 0 aromatic heterocycles. The number of benzene rings is 1. The van der Waals surface area contributed by atoms with Crippen molar-refractivity contribution in [2.24, 2.45) is 35.5 Å². The first-order chi connectivity index (χ1) is 25.1. The standard InChI is InChI=1S/C41H68N4O8/c1-13-26(6)36(45(9)40(49)35(25(4)5)44-39(48)34(42-8)24(2)3)33(51-10)23-32(46)29-20-17-21-30(29)37(52-11)27(7)38(47)43-31(41(50)53-12)22-28-18-15-14-16-19-28/h14-16,18-19,24-27,29-31,33-37,42H,13,17,20-23H2,1-12H3,(H,43,47)(H,44,48)/t26-,27+,29?,30+,31-,33+,34-,35-,36-,37+/m0/s1. The Morgan fingerprint density at radius 2 is 1.47 bits per heavy atom. The van der Waals surface area contributed by atoms with Crippen LogP contribution >= 0.6 is 0 Å². The highest BCUT2D eigenvalue weighted by molar-refractivity contribution is 5.90. The molecule has 300 valence electrons. The monoisotopic (exact) mass is 745 g/mol. The van der Waals surface area contributed by atoms with Gasteiger partial charge in [0.15, 0.2) is 0 Å². The van der Waals surface area contributed by atoms with E-state index in [0.29, 0.717) is 12.8 Å². The molecule has 1 aromatic rings. The molecule has 2 rings (SSSR count). The summed E-state index contributed by atoms with van der Waals surface area (Å²) in [4.78, 5) is 69.6. The second-order valence-corrected chi connectivity index (χ2v) is 15.5. The Morgan fingerprint density at radius 3 is 1.98 bits per heavy atom. The van der Waals surface area contributed by atoms with Crippen LogP contribution in [0.1, 0.15) is 86.1 Å². The molecule has 1 aromatic carbocycles. The lowest BCUT2D eigenvalue weighted by Crippen LogP contribution is -2.59. The summed E-state index contributed by atoms with van der Waals surface area (Å²) in [5, 5.41) is 8.91. The Balaban J connectivity index is 2.27. The molecule has 12 nitrogen and oxygen atoms in total. The van der Waals surface area contributed by atoms with Crippen LogP contribution in [0.3, 0.4) is 0 Å². The van der Waals surface area contributed by atoms with Crippen molar-refractivity contribution in [2.45, 2.75) is 123 Å². The first kappa shape index (κ1) is 45.8. The third-order valence-electron chi connectivity index (χ3n) is 11.3. The number of hydrogen-bond acceptors (Lipinski definition) is 9. The van der Waals surface area contributed by atoms with Crippen molar-refractivity contribution < 1.29 is 38.2 Å². The summed E-state index contributed by atoms with van der Waals surface area (Å²) < 4.78 is 17.0. The topological polar surface area (TPSA) is 152 Å². The van der Waals surface area contributed by atoms with Crippen LogP contribution in [0.2, 0.25) is 0 Å². The molecule has 0 saturated heterocycles. The Bertz CT molecular complexity index is 1320. The summed E-state index contributed by atoms with van der Waals surface area (Å²) in [6, 6.07) is 6.88. The smallest absolute Gasteiger partial charge is 0.328 e. The van der Waals surface area contributed by atoms with E-state index in [9.17, 15) is 24.0 Å². The van der Waals surface area contributed by atoms with E-state index < -0.39 is 48.3 Å². The van der Waals surface area contributed by atoms with Crippen LogP contribution in [0.5, 0.6) is 0 Å². The first-order valence-corrected chi connectivity index (χ1v) is 19.3. The van der Waals surface area contributed by atoms with Gasteiger partial charge in [-0.2, -0.15) is 0 Å². The van der Waals surface area contributed by atoms with Gasteiger partial charge in [0.1, 0.15) is 17.9 Å². The predicted molar refractivity (Wildman–Crippen MR) is 206 cm³/mol. The molecular weight excluding hydrogens is 676 g/mol. The average molecular weight is 745 g/mol. The Kier molecular flexibility index (Phi) is 19.1. The quantitative estimate of drug-likeness (QED) is 0.149. The number of ether oxygens (including phenoxy) is 3. The lowest BCUT2D eigenvalue weighted by molar-refractivity contribution is -0.147. The zero-order valence-corrected chi connectivity index (χ0v) is 34.3. The number of hydrogen-bond donors (Lipinski definition) is 3. The van der Waals surface area contributed by atoms with Gasteiger partial charge in [-0.1, -0.05) is 91.6 Å². The average Bonchev–Trinajstić information content (AvgIpc) is 3.62. The van der Waals surface area contributed by atoms with Crippen LogP contribution in [-0.2, 0) is 44.6 Å². The summed E-state index contributed by atoms with van der Waals surface area (Å²) in [7, 11) is 7.88. The number of likely N-dealkylation sites (N-methyl/N-ethyl adjacent to an activating group) is 2. The van der Waals surface area contributed by atoms with Gasteiger partial charge in [0.2, 0.25) is 17.7 Å². The van der Waals surface area contributed by atoms with Gasteiger partial charge in [0, 0.05) is 40.0 Å². The Hall–Kier alpha value is -3.35. The third kappa shape index (κ3) is 12.3. The fourth-order valence-corrected chi connectivity index (χ4v) is 7.99. The lowest BCUT2D eigenvalue weighted by Gasteiger charge is -2.40. The molecule has 0 bridgehead atoms. The van der Waals surface area contributed by atoms with Crippen LogP contribution in [0.15, 0.2) is 30.3 Å². The van der Waals surface area contributed by atoms with Gasteiger partial charge < -0.3 is 35.1 Å². The van der Waals surface area contributed by atoms with Crippen LogP contribution in [0.25, 0.3) is 0 Å². The molecular formula is C41H68N4O8. The summed E-state index contributed by atoms with van der Waals surface area (Å²) in [6.45, 7) is 13.6. The first-order valence-electron chi connectivity index (χ1n) is 19.3. The molecule has 53 heavy (non-hydrogen) atoms. The molecule has 0 radical (unpaired) electrons. The van der Waals surface area contributed by atoms with Crippen LogP contribution in [0, 0.1) is 35.5 Å². The largest absolute Gasteiger partial charge is 0.467 e. The van der Waals surface area contributed by atoms with E-state index in [1.165, 1.54) is 7.11 Å². The number of Topliss-reactive ketones (excluding diaryl/α,β-unsaturated/α-hetero) is 1. The zero-order chi connectivity index (χ0) is 40.0. The number of nitrogens with zero attached hydrogens (tertiary/aromatic N) is 1. The molecule has 3 amide bonds. The van der Waals surface area contributed by atoms with Gasteiger partial charge >= 0.3 is 5.97 Å². The van der Waals surface area contributed by atoms with Crippen LogP contribution in [0.4, 0.5) is 0 Å². The molecule has 1 aliphatic carbocycles. The number of rotatable bonds is 22. The highest BCUT2D eigenvalue weighted by atomic mass is 16.5. The molecule has 0 spiro atoms. The van der Waals surface area contributed by atoms with Gasteiger partial charge in [-0.15, -0.1) is 0 Å².